The first kappa shape index (κ1) is 23.5. The number of pyridine rings is 3. The molecule has 0 spiro atoms. The van der Waals surface area contributed by atoms with E-state index in [1.54, 1.807) is 12.3 Å². The lowest BCUT2D eigenvalue weighted by atomic mass is 10.0. The first-order valence-electron chi connectivity index (χ1n) is 11.6. The van der Waals surface area contributed by atoms with Gasteiger partial charge in [0.05, 0.1) is 36.3 Å². The summed E-state index contributed by atoms with van der Waals surface area (Å²) in [6.45, 7) is 4.25. The molecule has 11 heteroatoms. The third-order valence-electron chi connectivity index (χ3n) is 6.29. The average molecular weight is 486 g/mol. The smallest absolute Gasteiger partial charge is 0.251 e. The lowest BCUT2D eigenvalue weighted by Crippen LogP contribution is -2.51. The molecule has 2 unspecified atom stereocenters. The molecule has 0 aliphatic carbocycles. The molecule has 35 heavy (non-hydrogen) atoms. The van der Waals surface area contributed by atoms with Crippen molar-refractivity contribution in [3.63, 3.8) is 0 Å². The Bertz CT molecular complexity index is 1270. The number of fused-ring (bicyclic) bond motifs is 1. The molecule has 3 aromatic heterocycles. The maximum absolute atomic E-state index is 13.4. The van der Waals surface area contributed by atoms with Gasteiger partial charge in [-0.1, -0.05) is 0 Å². The van der Waals surface area contributed by atoms with Crippen molar-refractivity contribution in [2.24, 2.45) is 0 Å². The van der Waals surface area contributed by atoms with Crippen molar-refractivity contribution in [2.45, 2.75) is 31.7 Å². The Hall–Kier alpha value is -3.28. The third-order valence-corrected chi connectivity index (χ3v) is 6.29. The SMILES string of the molecule is CN1CCC(NCc2cc3c(cn2)OCCO3)C(O)C1.O=c1ccc2ncc(F)c3c2n1CCO3. The number of rotatable bonds is 3. The number of hydrogen-bond donors (Lipinski definition) is 2. The predicted molar refractivity (Wildman–Crippen MR) is 125 cm³/mol. The van der Waals surface area contributed by atoms with Crippen LogP contribution in [0.15, 0.2) is 35.4 Å². The number of aliphatic hydroxyl groups is 1. The molecule has 6 heterocycles. The minimum atomic E-state index is -0.526. The van der Waals surface area contributed by atoms with Gasteiger partial charge in [-0.2, -0.15) is 0 Å². The standard InChI is InChI=1S/C14H21N3O3.C10H7FN2O2/c1-17-3-2-11(12(18)9-17)16-7-10-6-13-14(8-15-10)20-5-4-19-13;11-6-5-12-7-1-2-8(14)13-3-4-15-10(6)9(7)13/h6,8,11-12,16,18H,2-5,7,9H2,1H3;1-2,5H,3-4H2. The summed E-state index contributed by atoms with van der Waals surface area (Å²) in [5, 5.41) is 13.4. The van der Waals surface area contributed by atoms with E-state index >= 15 is 0 Å². The molecule has 0 aromatic carbocycles. The molecule has 1 fully saturated rings. The average Bonchev–Trinajstić information content (AvgIpc) is 2.87. The predicted octanol–water partition coefficient (Wildman–Crippen LogP) is 0.935. The second-order valence-electron chi connectivity index (χ2n) is 8.77. The fraction of sp³-hybridized carbons (Fsp3) is 0.458. The molecule has 0 amide bonds. The monoisotopic (exact) mass is 485 g/mol. The number of likely N-dealkylation sites (tertiary alicyclic amines) is 1. The number of aromatic nitrogens is 3. The van der Waals surface area contributed by atoms with E-state index in [0.717, 1.165) is 30.6 Å². The highest BCUT2D eigenvalue weighted by Crippen LogP contribution is 2.30. The Kier molecular flexibility index (Phi) is 6.80. The van der Waals surface area contributed by atoms with Gasteiger partial charge >= 0.3 is 0 Å². The number of hydrogen-bond acceptors (Lipinski definition) is 9. The largest absolute Gasteiger partial charge is 0.486 e. The van der Waals surface area contributed by atoms with E-state index in [1.807, 2.05) is 13.1 Å². The molecule has 3 aromatic rings. The molecule has 186 valence electrons. The van der Waals surface area contributed by atoms with Gasteiger partial charge in [-0.25, -0.2) is 4.39 Å². The van der Waals surface area contributed by atoms with E-state index in [-0.39, 0.29) is 23.5 Å². The molecule has 0 saturated carbocycles. The summed E-state index contributed by atoms with van der Waals surface area (Å²) in [7, 11) is 2.03. The zero-order valence-corrected chi connectivity index (χ0v) is 19.4. The van der Waals surface area contributed by atoms with Crippen molar-refractivity contribution in [1.82, 2.24) is 24.8 Å². The van der Waals surface area contributed by atoms with Gasteiger partial charge in [0, 0.05) is 31.3 Å². The zero-order chi connectivity index (χ0) is 24.4. The van der Waals surface area contributed by atoms with E-state index < -0.39 is 5.82 Å². The van der Waals surface area contributed by atoms with Crippen LogP contribution in [0.1, 0.15) is 12.1 Å². The lowest BCUT2D eigenvalue weighted by molar-refractivity contribution is 0.0511. The molecule has 0 radical (unpaired) electrons. The normalized spacial score (nSPS) is 21.1. The van der Waals surface area contributed by atoms with Crippen molar-refractivity contribution in [1.29, 1.82) is 0 Å². The molecule has 1 saturated heterocycles. The molecular formula is C24H28FN5O5. The third kappa shape index (κ3) is 5.07. The molecule has 2 N–H and O–H groups in total. The summed E-state index contributed by atoms with van der Waals surface area (Å²) < 4.78 is 31.1. The number of aliphatic hydroxyl groups excluding tert-OH is 1. The molecule has 0 bridgehead atoms. The van der Waals surface area contributed by atoms with Crippen LogP contribution in [-0.2, 0) is 13.1 Å². The second-order valence-corrected chi connectivity index (χ2v) is 8.77. The van der Waals surface area contributed by atoms with Crippen LogP contribution in [0.5, 0.6) is 17.2 Å². The second kappa shape index (κ2) is 10.1. The van der Waals surface area contributed by atoms with Gasteiger partial charge in [0.15, 0.2) is 23.1 Å². The van der Waals surface area contributed by atoms with Gasteiger partial charge in [-0.15, -0.1) is 0 Å². The molecule has 3 aliphatic heterocycles. The van der Waals surface area contributed by atoms with Gasteiger partial charge in [0.1, 0.15) is 25.3 Å². The summed E-state index contributed by atoms with van der Waals surface area (Å²) in [5.74, 6) is 1.07. The highest BCUT2D eigenvalue weighted by atomic mass is 19.1. The fourth-order valence-corrected chi connectivity index (χ4v) is 4.46. The van der Waals surface area contributed by atoms with Crippen LogP contribution in [0.2, 0.25) is 0 Å². The fourth-order valence-electron chi connectivity index (χ4n) is 4.46. The number of halogens is 1. The maximum atomic E-state index is 13.4. The molecule has 3 aliphatic rings. The molecule has 6 rings (SSSR count). The van der Waals surface area contributed by atoms with Gasteiger partial charge < -0.3 is 34.1 Å². The lowest BCUT2D eigenvalue weighted by Gasteiger charge is -2.34. The van der Waals surface area contributed by atoms with Gasteiger partial charge in [-0.05, 0) is 26.1 Å². The summed E-state index contributed by atoms with van der Waals surface area (Å²) in [4.78, 5) is 21.9. The van der Waals surface area contributed by atoms with E-state index in [2.05, 4.69) is 20.2 Å². The van der Waals surface area contributed by atoms with E-state index in [9.17, 15) is 14.3 Å². The number of nitrogens with one attached hydrogen (secondary N) is 1. The number of piperidine rings is 1. The van der Waals surface area contributed by atoms with E-state index in [1.165, 1.54) is 10.6 Å². The van der Waals surface area contributed by atoms with Crippen LogP contribution in [0.4, 0.5) is 4.39 Å². The number of β-amino-alcohol motifs (C(OH)–C–C–N with tert-alkyl or cyclic N) is 1. The first-order valence-corrected chi connectivity index (χ1v) is 11.6. The van der Waals surface area contributed by atoms with Gasteiger partial charge in [-0.3, -0.25) is 14.8 Å². The Morgan fingerprint density at radius 3 is 2.77 bits per heavy atom. The van der Waals surface area contributed by atoms with Crippen LogP contribution >= 0.6 is 0 Å². The van der Waals surface area contributed by atoms with E-state index in [4.69, 9.17) is 14.2 Å². The van der Waals surface area contributed by atoms with Crippen LogP contribution in [-0.4, -0.2) is 76.6 Å². The Morgan fingerprint density at radius 1 is 1.11 bits per heavy atom. The highest BCUT2D eigenvalue weighted by Gasteiger charge is 2.25. The number of likely N-dealkylation sites (N-methyl/N-ethyl adjacent to an activating group) is 1. The Balaban J connectivity index is 0.000000151. The maximum Gasteiger partial charge on any atom is 0.251 e. The van der Waals surface area contributed by atoms with E-state index in [0.29, 0.717) is 56.2 Å². The first-order chi connectivity index (χ1) is 17.0. The highest BCUT2D eigenvalue weighted by molar-refractivity contribution is 5.81. The van der Waals surface area contributed by atoms with Crippen LogP contribution in [0, 0.1) is 5.82 Å². The summed E-state index contributed by atoms with van der Waals surface area (Å²) in [6, 6.07) is 5.04. The van der Waals surface area contributed by atoms with Crippen molar-refractivity contribution < 1.29 is 23.7 Å². The van der Waals surface area contributed by atoms with Crippen molar-refractivity contribution in [3.05, 3.63) is 52.5 Å². The Morgan fingerprint density at radius 2 is 1.94 bits per heavy atom. The molecular weight excluding hydrogens is 457 g/mol. The Labute approximate surface area is 201 Å². The minimum absolute atomic E-state index is 0.126. The van der Waals surface area contributed by atoms with Crippen molar-refractivity contribution in [2.75, 3.05) is 40.0 Å². The molecule has 10 nitrogen and oxygen atoms in total. The van der Waals surface area contributed by atoms with Crippen LogP contribution in [0.25, 0.3) is 11.0 Å². The summed E-state index contributed by atoms with van der Waals surface area (Å²) in [5.41, 5.74) is 1.78. The molecule has 2 atom stereocenters. The zero-order valence-electron chi connectivity index (χ0n) is 19.4. The van der Waals surface area contributed by atoms with Gasteiger partial charge in [0.25, 0.3) is 5.56 Å². The summed E-state index contributed by atoms with van der Waals surface area (Å²) >= 11 is 0. The topological polar surface area (TPSA) is 111 Å². The van der Waals surface area contributed by atoms with Gasteiger partial charge in [0.2, 0.25) is 0 Å². The van der Waals surface area contributed by atoms with Crippen molar-refractivity contribution in [3.8, 4) is 17.2 Å². The number of nitrogens with zero attached hydrogens (tertiary/aromatic N) is 4. The summed E-state index contributed by atoms with van der Waals surface area (Å²) in [6.07, 6.45) is 3.43. The van der Waals surface area contributed by atoms with Crippen LogP contribution in [0.3, 0.4) is 0 Å². The van der Waals surface area contributed by atoms with Crippen molar-refractivity contribution >= 4 is 11.0 Å². The number of ether oxygens (including phenoxy) is 3. The minimum Gasteiger partial charge on any atom is -0.486 e. The quantitative estimate of drug-likeness (QED) is 0.560. The van der Waals surface area contributed by atoms with Crippen LogP contribution < -0.4 is 25.1 Å².